The van der Waals surface area contributed by atoms with Gasteiger partial charge in [-0.1, -0.05) is 26.2 Å². The first-order valence-electron chi connectivity index (χ1n) is 9.03. The lowest BCUT2D eigenvalue weighted by Gasteiger charge is -2.44. The van der Waals surface area contributed by atoms with E-state index in [1.54, 1.807) is 0 Å². The highest BCUT2D eigenvalue weighted by molar-refractivity contribution is 5.78. The van der Waals surface area contributed by atoms with Crippen LogP contribution >= 0.6 is 0 Å². The van der Waals surface area contributed by atoms with E-state index in [9.17, 15) is 9.59 Å². The molecule has 1 aliphatic heterocycles. The van der Waals surface area contributed by atoms with Gasteiger partial charge in [-0.05, 0) is 38.0 Å². The van der Waals surface area contributed by atoms with Crippen LogP contribution in [0.2, 0.25) is 0 Å². The number of piperidine rings is 1. The van der Waals surface area contributed by atoms with Gasteiger partial charge in [0.15, 0.2) is 0 Å². The number of amides is 3. The highest BCUT2D eigenvalue weighted by Crippen LogP contribution is 2.35. The second-order valence-corrected chi connectivity index (χ2v) is 6.63. The molecule has 5 nitrogen and oxygen atoms in total. The monoisotopic (exact) mass is 309 g/mol. The van der Waals surface area contributed by atoms with Gasteiger partial charge in [-0.15, -0.1) is 0 Å². The Hall–Kier alpha value is -1.26. The molecule has 1 saturated carbocycles. The molecule has 0 bridgehead atoms. The lowest BCUT2D eigenvalue weighted by Crippen LogP contribution is -2.50. The topological polar surface area (TPSA) is 61.4 Å². The minimum Gasteiger partial charge on any atom is -0.339 e. The van der Waals surface area contributed by atoms with Gasteiger partial charge in [0.25, 0.3) is 0 Å². The summed E-state index contributed by atoms with van der Waals surface area (Å²) in [6.07, 6.45) is 9.92. The van der Waals surface area contributed by atoms with Crippen LogP contribution in [0.1, 0.15) is 64.7 Å². The summed E-state index contributed by atoms with van der Waals surface area (Å²) in [6.45, 7) is 4.13. The lowest BCUT2D eigenvalue weighted by atomic mass is 9.78. The molecule has 1 saturated heterocycles. The van der Waals surface area contributed by atoms with Gasteiger partial charge in [-0.25, -0.2) is 4.79 Å². The Morgan fingerprint density at radius 1 is 1.05 bits per heavy atom. The molecule has 0 aromatic carbocycles. The van der Waals surface area contributed by atoms with Gasteiger partial charge in [-0.2, -0.15) is 0 Å². The second-order valence-electron chi connectivity index (χ2n) is 6.63. The van der Waals surface area contributed by atoms with Crippen LogP contribution in [0.4, 0.5) is 4.79 Å². The van der Waals surface area contributed by atoms with Gasteiger partial charge >= 0.3 is 6.03 Å². The molecule has 0 aromatic heterocycles. The van der Waals surface area contributed by atoms with Crippen LogP contribution in [0.3, 0.4) is 0 Å². The van der Waals surface area contributed by atoms with Crippen molar-refractivity contribution in [2.24, 2.45) is 5.92 Å². The summed E-state index contributed by atoms with van der Waals surface area (Å²) in [7, 11) is 0. The fraction of sp³-hybridized carbons (Fsp3) is 0.882. The summed E-state index contributed by atoms with van der Waals surface area (Å²) in [5.74, 6) is 0.933. The van der Waals surface area contributed by atoms with Gasteiger partial charge in [0.2, 0.25) is 5.91 Å². The Kier molecular flexibility index (Phi) is 7.00. The number of rotatable bonds is 6. The zero-order valence-corrected chi connectivity index (χ0v) is 13.9. The van der Waals surface area contributed by atoms with E-state index >= 15 is 0 Å². The standard InChI is InChI=1S/C17H31N3O2/c1-2-3-11-18-17(22)19-12-10-16(21)20-13-6-8-14-7-4-5-9-15(14)20/h14-15H,2-13H2,1H3,(H2,18,19,22). The van der Waals surface area contributed by atoms with E-state index in [1.165, 1.54) is 32.1 Å². The number of fused-ring (bicyclic) bond motifs is 1. The van der Waals surface area contributed by atoms with Gasteiger partial charge in [0.05, 0.1) is 0 Å². The molecule has 0 spiro atoms. The fourth-order valence-electron chi connectivity index (χ4n) is 3.80. The maximum Gasteiger partial charge on any atom is 0.314 e. The van der Waals surface area contributed by atoms with Crippen molar-refractivity contribution < 1.29 is 9.59 Å². The fourth-order valence-corrected chi connectivity index (χ4v) is 3.80. The first-order chi connectivity index (χ1) is 10.7. The molecule has 2 aliphatic rings. The lowest BCUT2D eigenvalue weighted by molar-refractivity contribution is -0.137. The first kappa shape index (κ1) is 17.1. The average molecular weight is 309 g/mol. The molecule has 5 heteroatoms. The van der Waals surface area contributed by atoms with Crippen molar-refractivity contribution in [3.8, 4) is 0 Å². The van der Waals surface area contributed by atoms with E-state index in [1.807, 2.05) is 0 Å². The number of carbonyl (C=O) groups is 2. The minimum absolute atomic E-state index is 0.157. The number of urea groups is 1. The molecule has 2 unspecified atom stereocenters. The summed E-state index contributed by atoms with van der Waals surface area (Å²) in [6, 6.07) is 0.309. The predicted octanol–water partition coefficient (Wildman–Crippen LogP) is 2.66. The van der Waals surface area contributed by atoms with Crippen LogP contribution in [0.5, 0.6) is 0 Å². The van der Waals surface area contributed by atoms with Crippen molar-refractivity contribution in [1.82, 2.24) is 15.5 Å². The number of likely N-dealkylation sites (tertiary alicyclic amines) is 1. The molecule has 1 heterocycles. The minimum atomic E-state index is -0.157. The highest BCUT2D eigenvalue weighted by atomic mass is 16.2. The molecule has 22 heavy (non-hydrogen) atoms. The zero-order chi connectivity index (χ0) is 15.8. The molecule has 0 aromatic rings. The molecule has 1 aliphatic carbocycles. The maximum atomic E-state index is 12.4. The highest BCUT2D eigenvalue weighted by Gasteiger charge is 2.35. The first-order valence-corrected chi connectivity index (χ1v) is 9.03. The van der Waals surface area contributed by atoms with Crippen LogP contribution in [-0.2, 0) is 4.79 Å². The van der Waals surface area contributed by atoms with Crippen molar-refractivity contribution in [1.29, 1.82) is 0 Å². The molecule has 0 radical (unpaired) electrons. The van der Waals surface area contributed by atoms with Crippen molar-refractivity contribution in [3.63, 3.8) is 0 Å². The van der Waals surface area contributed by atoms with Crippen LogP contribution < -0.4 is 10.6 Å². The number of carbonyl (C=O) groups excluding carboxylic acids is 2. The summed E-state index contributed by atoms with van der Waals surface area (Å²) in [4.78, 5) is 26.1. The van der Waals surface area contributed by atoms with E-state index in [0.29, 0.717) is 25.6 Å². The van der Waals surface area contributed by atoms with Gasteiger partial charge < -0.3 is 15.5 Å². The number of nitrogens with zero attached hydrogens (tertiary/aromatic N) is 1. The van der Waals surface area contributed by atoms with Gasteiger partial charge in [0, 0.05) is 32.1 Å². The predicted molar refractivity (Wildman–Crippen MR) is 87.6 cm³/mol. The largest absolute Gasteiger partial charge is 0.339 e. The molecule has 126 valence electrons. The summed E-state index contributed by atoms with van der Waals surface area (Å²) in [5, 5.41) is 5.59. The van der Waals surface area contributed by atoms with Crippen LogP contribution in [0.25, 0.3) is 0 Å². The van der Waals surface area contributed by atoms with Crippen LogP contribution in [-0.4, -0.2) is 42.5 Å². The third-order valence-electron chi connectivity index (χ3n) is 5.00. The van der Waals surface area contributed by atoms with Crippen molar-refractivity contribution in [2.75, 3.05) is 19.6 Å². The third kappa shape index (κ3) is 4.89. The van der Waals surface area contributed by atoms with E-state index in [4.69, 9.17) is 0 Å². The number of hydrogen-bond donors (Lipinski definition) is 2. The van der Waals surface area contributed by atoms with Crippen LogP contribution in [0, 0.1) is 5.92 Å². The molecule has 2 rings (SSSR count). The molecule has 2 fully saturated rings. The third-order valence-corrected chi connectivity index (χ3v) is 5.00. The van der Waals surface area contributed by atoms with Gasteiger partial charge in [0.1, 0.15) is 0 Å². The average Bonchev–Trinajstić information content (AvgIpc) is 2.54. The number of nitrogens with one attached hydrogen (secondary N) is 2. The normalized spacial score (nSPS) is 24.5. The Bertz CT molecular complexity index is 371. The van der Waals surface area contributed by atoms with E-state index in [-0.39, 0.29) is 11.9 Å². The summed E-state index contributed by atoms with van der Waals surface area (Å²) < 4.78 is 0. The van der Waals surface area contributed by atoms with Crippen molar-refractivity contribution in [3.05, 3.63) is 0 Å². The summed E-state index contributed by atoms with van der Waals surface area (Å²) >= 11 is 0. The number of hydrogen-bond acceptors (Lipinski definition) is 2. The molecular weight excluding hydrogens is 278 g/mol. The Morgan fingerprint density at radius 2 is 1.77 bits per heavy atom. The van der Waals surface area contributed by atoms with E-state index < -0.39 is 0 Å². The van der Waals surface area contributed by atoms with Crippen molar-refractivity contribution >= 4 is 11.9 Å². The molecule has 3 amide bonds. The van der Waals surface area contributed by atoms with Gasteiger partial charge in [-0.3, -0.25) is 4.79 Å². The Labute approximate surface area is 134 Å². The zero-order valence-electron chi connectivity index (χ0n) is 13.9. The summed E-state index contributed by atoms with van der Waals surface area (Å²) in [5.41, 5.74) is 0. The molecule has 2 N–H and O–H groups in total. The smallest absolute Gasteiger partial charge is 0.314 e. The Balaban J connectivity index is 1.69. The van der Waals surface area contributed by atoms with E-state index in [0.717, 1.165) is 31.7 Å². The van der Waals surface area contributed by atoms with Crippen LogP contribution in [0.15, 0.2) is 0 Å². The van der Waals surface area contributed by atoms with Crippen molar-refractivity contribution in [2.45, 2.75) is 70.8 Å². The molecular formula is C17H31N3O2. The SMILES string of the molecule is CCCCNC(=O)NCCC(=O)N1CCCC2CCCCC21. The number of unbranched alkanes of at least 4 members (excludes halogenated alkanes) is 1. The molecule has 2 atom stereocenters. The quantitative estimate of drug-likeness (QED) is 0.741. The van der Waals surface area contributed by atoms with E-state index in [2.05, 4.69) is 22.5 Å². The second kappa shape index (κ2) is 9.01. The maximum absolute atomic E-state index is 12.4. The Morgan fingerprint density at radius 3 is 2.59 bits per heavy atom.